The molecule has 14 heavy (non-hydrogen) atoms. The minimum absolute atomic E-state index is 0.0782. The van der Waals surface area contributed by atoms with Gasteiger partial charge in [0, 0.05) is 12.7 Å². The number of amides is 1. The summed E-state index contributed by atoms with van der Waals surface area (Å²) >= 11 is 0. The summed E-state index contributed by atoms with van der Waals surface area (Å²) in [5.41, 5.74) is 0.379. The first-order chi connectivity index (χ1) is 6.52. The number of nitrogens with one attached hydrogen (secondary N) is 1. The molecule has 0 rings (SSSR count). The van der Waals surface area contributed by atoms with Gasteiger partial charge in [0.2, 0.25) is 5.91 Å². The van der Waals surface area contributed by atoms with Crippen LogP contribution in [0.5, 0.6) is 0 Å². The molecule has 0 aliphatic heterocycles. The third-order valence-corrected chi connectivity index (χ3v) is 1.58. The quantitative estimate of drug-likeness (QED) is 0.497. The van der Waals surface area contributed by atoms with E-state index in [1.807, 2.05) is 0 Å². The molecule has 0 fully saturated rings. The zero-order valence-corrected chi connectivity index (χ0v) is 8.62. The van der Waals surface area contributed by atoms with Gasteiger partial charge in [-0.2, -0.15) is 0 Å². The first-order valence-electron chi connectivity index (χ1n) is 4.07. The molecular formula is C9H15NO4. The van der Waals surface area contributed by atoms with Gasteiger partial charge >= 0.3 is 5.97 Å². The molecule has 0 saturated carbocycles. The molecule has 0 aliphatic rings. The van der Waals surface area contributed by atoms with Crippen LogP contribution in [-0.2, 0) is 19.1 Å². The zero-order chi connectivity index (χ0) is 11.1. The van der Waals surface area contributed by atoms with Gasteiger partial charge in [0.05, 0.1) is 13.7 Å². The maximum atomic E-state index is 11.1. The Morgan fingerprint density at radius 2 is 2.00 bits per heavy atom. The van der Waals surface area contributed by atoms with E-state index in [1.165, 1.54) is 14.2 Å². The average Bonchev–Trinajstić information content (AvgIpc) is 2.17. The van der Waals surface area contributed by atoms with E-state index < -0.39 is 12.1 Å². The molecule has 0 heterocycles. The molecule has 80 valence electrons. The molecule has 0 saturated heterocycles. The highest BCUT2D eigenvalue weighted by molar-refractivity contribution is 5.92. The Balaban J connectivity index is 4.02. The second kappa shape index (κ2) is 6.15. The number of carbonyl (C=O) groups is 2. The predicted octanol–water partition coefficient (Wildman–Crippen LogP) is -0.133. The number of ether oxygens (including phenoxy) is 2. The van der Waals surface area contributed by atoms with Gasteiger partial charge in [0.1, 0.15) is 0 Å². The topological polar surface area (TPSA) is 64.6 Å². The van der Waals surface area contributed by atoms with Crippen LogP contribution in [0, 0.1) is 0 Å². The third-order valence-electron chi connectivity index (χ3n) is 1.58. The highest BCUT2D eigenvalue weighted by Crippen LogP contribution is 1.93. The van der Waals surface area contributed by atoms with Crippen LogP contribution in [0.2, 0.25) is 0 Å². The molecule has 5 heteroatoms. The lowest BCUT2D eigenvalue weighted by atomic mass is 10.3. The summed E-state index contributed by atoms with van der Waals surface area (Å²) in [4.78, 5) is 22.1. The van der Waals surface area contributed by atoms with Gasteiger partial charge in [-0.1, -0.05) is 6.58 Å². The Bertz CT molecular complexity index is 237. The Morgan fingerprint density at radius 3 is 2.36 bits per heavy atom. The molecule has 0 aliphatic carbocycles. The van der Waals surface area contributed by atoms with Crippen LogP contribution >= 0.6 is 0 Å². The largest absolute Gasteiger partial charge is 0.467 e. The molecule has 1 atom stereocenters. The molecule has 0 aromatic heterocycles. The summed E-state index contributed by atoms with van der Waals surface area (Å²) in [6, 6.07) is 0. The molecule has 1 amide bonds. The van der Waals surface area contributed by atoms with Crippen molar-refractivity contribution >= 4 is 11.9 Å². The number of esters is 1. The summed E-state index contributed by atoms with van der Waals surface area (Å²) in [6.45, 7) is 5.11. The fraction of sp³-hybridized carbons (Fsp3) is 0.556. The SMILES string of the molecule is C=C(C)C(=O)NCC(OC)C(=O)OC. The van der Waals surface area contributed by atoms with Crippen molar-refractivity contribution in [2.24, 2.45) is 0 Å². The van der Waals surface area contributed by atoms with Gasteiger partial charge < -0.3 is 14.8 Å². The lowest BCUT2D eigenvalue weighted by Gasteiger charge is -2.13. The lowest BCUT2D eigenvalue weighted by molar-refractivity contribution is -0.152. The monoisotopic (exact) mass is 201 g/mol. The summed E-state index contributed by atoms with van der Waals surface area (Å²) in [7, 11) is 2.63. The van der Waals surface area contributed by atoms with E-state index in [2.05, 4.69) is 16.6 Å². The Labute approximate surface area is 83.1 Å². The van der Waals surface area contributed by atoms with Crippen molar-refractivity contribution in [3.8, 4) is 0 Å². The maximum Gasteiger partial charge on any atom is 0.336 e. The van der Waals surface area contributed by atoms with Crippen LogP contribution in [0.4, 0.5) is 0 Å². The standard InChI is InChI=1S/C9H15NO4/c1-6(2)8(11)10-5-7(13-3)9(12)14-4/h7H,1,5H2,2-4H3,(H,10,11). The first kappa shape index (κ1) is 12.6. The molecule has 0 aromatic carbocycles. The van der Waals surface area contributed by atoms with Crippen molar-refractivity contribution < 1.29 is 19.1 Å². The lowest BCUT2D eigenvalue weighted by Crippen LogP contribution is -2.38. The molecule has 0 bridgehead atoms. The minimum Gasteiger partial charge on any atom is -0.467 e. The molecule has 0 spiro atoms. The Kier molecular flexibility index (Phi) is 5.55. The number of carbonyl (C=O) groups excluding carboxylic acids is 2. The van der Waals surface area contributed by atoms with Crippen LogP contribution < -0.4 is 5.32 Å². The number of hydrogen-bond donors (Lipinski definition) is 1. The van der Waals surface area contributed by atoms with Crippen molar-refractivity contribution in [3.63, 3.8) is 0 Å². The zero-order valence-electron chi connectivity index (χ0n) is 8.62. The normalized spacial score (nSPS) is 11.6. The molecule has 1 unspecified atom stereocenters. The summed E-state index contributed by atoms with van der Waals surface area (Å²) in [6.07, 6.45) is -0.775. The smallest absolute Gasteiger partial charge is 0.336 e. The van der Waals surface area contributed by atoms with Gasteiger partial charge in [-0.25, -0.2) is 4.79 Å². The highest BCUT2D eigenvalue weighted by atomic mass is 16.6. The second-order valence-corrected chi connectivity index (χ2v) is 2.74. The van der Waals surface area contributed by atoms with Gasteiger partial charge in [0.25, 0.3) is 0 Å². The van der Waals surface area contributed by atoms with E-state index in [9.17, 15) is 9.59 Å². The van der Waals surface area contributed by atoms with E-state index in [-0.39, 0.29) is 12.5 Å². The summed E-state index contributed by atoms with van der Waals surface area (Å²) in [5, 5.41) is 2.48. The van der Waals surface area contributed by atoms with E-state index in [0.717, 1.165) is 0 Å². The molecular weight excluding hydrogens is 186 g/mol. The fourth-order valence-corrected chi connectivity index (χ4v) is 0.731. The van der Waals surface area contributed by atoms with Crippen LogP contribution in [-0.4, -0.2) is 38.7 Å². The molecule has 5 nitrogen and oxygen atoms in total. The van der Waals surface area contributed by atoms with Crippen molar-refractivity contribution in [2.45, 2.75) is 13.0 Å². The third kappa shape index (κ3) is 4.04. The predicted molar refractivity (Wildman–Crippen MR) is 50.6 cm³/mol. The van der Waals surface area contributed by atoms with Gasteiger partial charge in [-0.3, -0.25) is 4.79 Å². The summed E-state index contributed by atoms with van der Waals surface area (Å²) < 4.78 is 9.27. The van der Waals surface area contributed by atoms with Gasteiger partial charge in [-0.15, -0.1) is 0 Å². The number of methoxy groups -OCH3 is 2. The Hall–Kier alpha value is -1.36. The summed E-state index contributed by atoms with van der Waals surface area (Å²) in [5.74, 6) is -0.828. The van der Waals surface area contributed by atoms with E-state index in [0.29, 0.717) is 5.57 Å². The van der Waals surface area contributed by atoms with Gasteiger partial charge in [-0.05, 0) is 6.92 Å². The van der Waals surface area contributed by atoms with Crippen LogP contribution in [0.3, 0.4) is 0 Å². The van der Waals surface area contributed by atoms with Crippen molar-refractivity contribution in [2.75, 3.05) is 20.8 Å². The highest BCUT2D eigenvalue weighted by Gasteiger charge is 2.18. The van der Waals surface area contributed by atoms with Crippen molar-refractivity contribution in [1.29, 1.82) is 0 Å². The van der Waals surface area contributed by atoms with Crippen molar-refractivity contribution in [1.82, 2.24) is 5.32 Å². The Morgan fingerprint density at radius 1 is 1.43 bits per heavy atom. The molecule has 0 radical (unpaired) electrons. The maximum absolute atomic E-state index is 11.1. The second-order valence-electron chi connectivity index (χ2n) is 2.74. The first-order valence-corrected chi connectivity index (χ1v) is 4.07. The van der Waals surface area contributed by atoms with Crippen LogP contribution in [0.1, 0.15) is 6.92 Å². The van der Waals surface area contributed by atoms with Crippen LogP contribution in [0.25, 0.3) is 0 Å². The van der Waals surface area contributed by atoms with E-state index in [4.69, 9.17) is 4.74 Å². The molecule has 0 aromatic rings. The van der Waals surface area contributed by atoms with Crippen molar-refractivity contribution in [3.05, 3.63) is 12.2 Å². The molecule has 1 N–H and O–H groups in total. The minimum atomic E-state index is -0.775. The average molecular weight is 201 g/mol. The number of hydrogen-bond acceptors (Lipinski definition) is 4. The van der Waals surface area contributed by atoms with Gasteiger partial charge in [0.15, 0.2) is 6.10 Å². The van der Waals surface area contributed by atoms with E-state index >= 15 is 0 Å². The number of rotatable bonds is 5. The van der Waals surface area contributed by atoms with E-state index in [1.54, 1.807) is 6.92 Å². The van der Waals surface area contributed by atoms with Crippen LogP contribution in [0.15, 0.2) is 12.2 Å². The fourth-order valence-electron chi connectivity index (χ4n) is 0.731.